The third kappa shape index (κ3) is 3.38. The minimum absolute atomic E-state index is 0.374. The Morgan fingerprint density at radius 3 is 3.00 bits per heavy atom. The molecule has 2 rings (SSSR count). The SMILES string of the molecule is CC1CCSC(=NC2CCOC(C)C2)N1. The Kier molecular flexibility index (Phi) is 3.92. The van der Waals surface area contributed by atoms with Crippen LogP contribution in [0.1, 0.15) is 33.1 Å². The maximum absolute atomic E-state index is 5.52. The van der Waals surface area contributed by atoms with Gasteiger partial charge in [-0.25, -0.2) is 0 Å². The summed E-state index contributed by atoms with van der Waals surface area (Å²) in [6.07, 6.45) is 3.76. The third-order valence-corrected chi connectivity index (χ3v) is 3.85. The Morgan fingerprint density at radius 1 is 1.40 bits per heavy atom. The summed E-state index contributed by atoms with van der Waals surface area (Å²) in [6, 6.07) is 1.05. The standard InChI is InChI=1S/C11H20N2OS/c1-8-4-6-15-11(12-8)13-10-3-5-14-9(2)7-10/h8-10H,3-7H2,1-2H3,(H,12,13). The first-order valence-electron chi connectivity index (χ1n) is 5.83. The Balaban J connectivity index is 1.90. The fraction of sp³-hybridized carbons (Fsp3) is 0.909. The fourth-order valence-corrected chi connectivity index (χ4v) is 3.16. The van der Waals surface area contributed by atoms with E-state index in [0.29, 0.717) is 18.2 Å². The van der Waals surface area contributed by atoms with Crippen LogP contribution in [-0.2, 0) is 4.74 Å². The summed E-state index contributed by atoms with van der Waals surface area (Å²) in [6.45, 7) is 5.22. The van der Waals surface area contributed by atoms with Gasteiger partial charge in [0.15, 0.2) is 5.17 Å². The molecule has 0 amide bonds. The molecule has 0 aromatic rings. The van der Waals surface area contributed by atoms with Crippen LogP contribution in [0.25, 0.3) is 0 Å². The van der Waals surface area contributed by atoms with Gasteiger partial charge in [-0.15, -0.1) is 0 Å². The Labute approximate surface area is 96.1 Å². The van der Waals surface area contributed by atoms with Crippen LogP contribution < -0.4 is 5.32 Å². The summed E-state index contributed by atoms with van der Waals surface area (Å²) >= 11 is 1.86. The highest BCUT2D eigenvalue weighted by molar-refractivity contribution is 8.13. The molecular formula is C11H20N2OS. The molecule has 0 bridgehead atoms. The molecule has 86 valence electrons. The largest absolute Gasteiger partial charge is 0.378 e. The highest BCUT2D eigenvalue weighted by atomic mass is 32.2. The quantitative estimate of drug-likeness (QED) is 0.745. The predicted octanol–water partition coefficient (Wildman–Crippen LogP) is 2.02. The van der Waals surface area contributed by atoms with E-state index in [-0.39, 0.29) is 0 Å². The van der Waals surface area contributed by atoms with Crippen LogP contribution in [0, 0.1) is 0 Å². The van der Waals surface area contributed by atoms with Gasteiger partial charge in [-0.1, -0.05) is 11.8 Å². The first kappa shape index (κ1) is 11.3. The second kappa shape index (κ2) is 5.21. The van der Waals surface area contributed by atoms with Crippen molar-refractivity contribution in [1.82, 2.24) is 5.32 Å². The van der Waals surface area contributed by atoms with Crippen LogP contribution in [0.15, 0.2) is 4.99 Å². The van der Waals surface area contributed by atoms with Gasteiger partial charge in [-0.05, 0) is 33.1 Å². The van der Waals surface area contributed by atoms with Gasteiger partial charge < -0.3 is 10.1 Å². The summed E-state index contributed by atoms with van der Waals surface area (Å²) < 4.78 is 5.52. The summed E-state index contributed by atoms with van der Waals surface area (Å²) in [5, 5.41) is 4.60. The normalized spacial score (nSPS) is 40.1. The number of aliphatic imine (C=N–C) groups is 1. The van der Waals surface area contributed by atoms with Crippen LogP contribution in [0.2, 0.25) is 0 Å². The number of hydrogen-bond acceptors (Lipinski definition) is 3. The van der Waals surface area contributed by atoms with E-state index < -0.39 is 0 Å². The lowest BCUT2D eigenvalue weighted by molar-refractivity contribution is 0.0204. The van der Waals surface area contributed by atoms with Crippen molar-refractivity contribution in [2.45, 2.75) is 51.3 Å². The van der Waals surface area contributed by atoms with Crippen molar-refractivity contribution in [1.29, 1.82) is 0 Å². The minimum Gasteiger partial charge on any atom is -0.378 e. The molecule has 1 N–H and O–H groups in total. The number of hydrogen-bond donors (Lipinski definition) is 1. The van der Waals surface area contributed by atoms with E-state index in [1.807, 2.05) is 11.8 Å². The molecule has 3 atom stereocenters. The summed E-state index contributed by atoms with van der Waals surface area (Å²) in [5.41, 5.74) is 0. The Hall–Kier alpha value is -0.220. The van der Waals surface area contributed by atoms with E-state index in [9.17, 15) is 0 Å². The molecule has 3 unspecified atom stereocenters. The lowest BCUT2D eigenvalue weighted by atomic mass is 10.1. The summed E-state index contributed by atoms with van der Waals surface area (Å²) in [5.74, 6) is 1.20. The average Bonchev–Trinajstić information content (AvgIpc) is 2.17. The number of nitrogens with zero attached hydrogens (tertiary/aromatic N) is 1. The summed E-state index contributed by atoms with van der Waals surface area (Å²) in [7, 11) is 0. The van der Waals surface area contributed by atoms with Gasteiger partial charge in [0.25, 0.3) is 0 Å². The second-order valence-electron chi connectivity index (χ2n) is 4.48. The Bertz CT molecular complexity index is 245. The molecule has 15 heavy (non-hydrogen) atoms. The zero-order chi connectivity index (χ0) is 10.7. The maximum atomic E-state index is 5.52. The van der Waals surface area contributed by atoms with Crippen molar-refractivity contribution in [3.8, 4) is 0 Å². The molecule has 4 heteroatoms. The molecule has 0 aliphatic carbocycles. The molecule has 0 aromatic carbocycles. The lowest BCUT2D eigenvalue weighted by Crippen LogP contribution is -2.37. The van der Waals surface area contributed by atoms with E-state index in [4.69, 9.17) is 9.73 Å². The van der Waals surface area contributed by atoms with Crippen molar-refractivity contribution < 1.29 is 4.74 Å². The van der Waals surface area contributed by atoms with E-state index in [0.717, 1.165) is 24.6 Å². The molecule has 2 aliphatic rings. The highest BCUT2D eigenvalue weighted by Crippen LogP contribution is 2.20. The fourth-order valence-electron chi connectivity index (χ4n) is 1.99. The molecule has 0 aromatic heterocycles. The lowest BCUT2D eigenvalue weighted by Gasteiger charge is -2.27. The molecule has 2 aliphatic heterocycles. The Morgan fingerprint density at radius 2 is 2.27 bits per heavy atom. The number of nitrogens with one attached hydrogen (secondary N) is 1. The van der Waals surface area contributed by atoms with E-state index in [2.05, 4.69) is 19.2 Å². The smallest absolute Gasteiger partial charge is 0.157 e. The maximum Gasteiger partial charge on any atom is 0.157 e. The van der Waals surface area contributed by atoms with Crippen molar-refractivity contribution >= 4 is 16.9 Å². The van der Waals surface area contributed by atoms with Crippen LogP contribution in [0.4, 0.5) is 0 Å². The number of thioether (sulfide) groups is 1. The van der Waals surface area contributed by atoms with Crippen molar-refractivity contribution in [2.24, 2.45) is 4.99 Å². The number of amidine groups is 1. The zero-order valence-electron chi connectivity index (χ0n) is 9.53. The third-order valence-electron chi connectivity index (χ3n) is 2.92. The van der Waals surface area contributed by atoms with Gasteiger partial charge in [0.05, 0.1) is 12.1 Å². The van der Waals surface area contributed by atoms with Crippen LogP contribution in [-0.4, -0.2) is 35.7 Å². The molecule has 2 heterocycles. The predicted molar refractivity (Wildman–Crippen MR) is 65.5 cm³/mol. The van der Waals surface area contributed by atoms with Crippen molar-refractivity contribution in [2.75, 3.05) is 12.4 Å². The van der Waals surface area contributed by atoms with Gasteiger partial charge in [-0.3, -0.25) is 4.99 Å². The molecule has 3 nitrogen and oxygen atoms in total. The number of rotatable bonds is 1. The zero-order valence-corrected chi connectivity index (χ0v) is 10.3. The first-order valence-corrected chi connectivity index (χ1v) is 6.81. The van der Waals surface area contributed by atoms with E-state index >= 15 is 0 Å². The van der Waals surface area contributed by atoms with Crippen molar-refractivity contribution in [3.63, 3.8) is 0 Å². The monoisotopic (exact) mass is 228 g/mol. The van der Waals surface area contributed by atoms with E-state index in [1.54, 1.807) is 0 Å². The highest BCUT2D eigenvalue weighted by Gasteiger charge is 2.20. The first-order chi connectivity index (χ1) is 7.24. The minimum atomic E-state index is 0.374. The average molecular weight is 228 g/mol. The van der Waals surface area contributed by atoms with E-state index in [1.165, 1.54) is 12.2 Å². The van der Waals surface area contributed by atoms with Gasteiger partial charge in [0, 0.05) is 18.4 Å². The van der Waals surface area contributed by atoms with Gasteiger partial charge >= 0.3 is 0 Å². The molecule has 0 saturated carbocycles. The molecular weight excluding hydrogens is 208 g/mol. The molecule has 2 fully saturated rings. The summed E-state index contributed by atoms with van der Waals surface area (Å²) in [4.78, 5) is 4.78. The van der Waals surface area contributed by atoms with Crippen LogP contribution in [0.5, 0.6) is 0 Å². The van der Waals surface area contributed by atoms with Gasteiger partial charge in [0.2, 0.25) is 0 Å². The van der Waals surface area contributed by atoms with Crippen molar-refractivity contribution in [3.05, 3.63) is 0 Å². The second-order valence-corrected chi connectivity index (χ2v) is 5.56. The topological polar surface area (TPSA) is 33.6 Å². The van der Waals surface area contributed by atoms with Gasteiger partial charge in [0.1, 0.15) is 0 Å². The molecule has 0 radical (unpaired) electrons. The molecule has 0 spiro atoms. The van der Waals surface area contributed by atoms with Gasteiger partial charge in [-0.2, -0.15) is 0 Å². The van der Waals surface area contributed by atoms with Crippen LogP contribution >= 0.6 is 11.8 Å². The van der Waals surface area contributed by atoms with Crippen LogP contribution in [0.3, 0.4) is 0 Å². The molecule has 2 saturated heterocycles. The number of ether oxygens (including phenoxy) is 1.